The van der Waals surface area contributed by atoms with Crippen molar-refractivity contribution in [2.75, 3.05) is 11.5 Å². The highest BCUT2D eigenvalue weighted by molar-refractivity contribution is 8.01. The fraction of sp³-hybridized carbons (Fsp3) is 0.472. The Labute approximate surface area is 277 Å². The number of nitrogens with two attached hydrogens (primary N) is 1. The molecule has 0 saturated heterocycles. The molecule has 4 aromatic rings. The third-order valence-corrected chi connectivity index (χ3v) is 13.8. The van der Waals surface area contributed by atoms with Gasteiger partial charge in [0.15, 0.2) is 10.1 Å². The minimum atomic E-state index is -1.49. The molecule has 7 nitrogen and oxygen atoms in total. The number of Topliss-reactive ketones (excluding diaryl/α,β-unsaturated/α-hetero) is 1. The number of carbonyl (C=O) groups is 1. The molecule has 2 aromatic carbocycles. The monoisotopic (exact) mass is 660 g/mol. The zero-order valence-electron chi connectivity index (χ0n) is 26.3. The van der Waals surface area contributed by atoms with E-state index in [0.29, 0.717) is 18.5 Å². The number of fused-ring (bicyclic) bond motifs is 4. The molecule has 7 rings (SSSR count). The second-order valence-electron chi connectivity index (χ2n) is 14.2. The van der Waals surface area contributed by atoms with Crippen molar-refractivity contribution >= 4 is 50.9 Å². The first-order valence-electron chi connectivity index (χ1n) is 16.1. The molecular formula is C36H41FN4O3S2. The SMILES string of the molecule is C=Cc1c(CC2(C)CCCC3C2C(O)CC2(C)C3CCC2(O)C(=O)CSc2nc3ccc(N)cc3s2)cnn1-c1ccc(F)cc1. The topological polar surface area (TPSA) is 114 Å². The Hall–Kier alpha value is -3.05. The first kappa shape index (κ1) is 31.5. The van der Waals surface area contributed by atoms with E-state index in [1.54, 1.807) is 22.9 Å². The van der Waals surface area contributed by atoms with Crippen LogP contribution in [0.4, 0.5) is 10.1 Å². The quantitative estimate of drug-likeness (QED) is 0.137. The molecule has 46 heavy (non-hydrogen) atoms. The van der Waals surface area contributed by atoms with Crippen LogP contribution in [0.15, 0.2) is 59.6 Å². The maximum atomic E-state index is 13.9. The van der Waals surface area contributed by atoms with Crippen LogP contribution in [0.3, 0.4) is 0 Å². The predicted octanol–water partition coefficient (Wildman–Crippen LogP) is 7.08. The highest BCUT2D eigenvalue weighted by Crippen LogP contribution is 2.66. The normalized spacial score (nSPS) is 32.3. The summed E-state index contributed by atoms with van der Waals surface area (Å²) >= 11 is 2.88. The van der Waals surface area contributed by atoms with Crippen LogP contribution in [0, 0.1) is 34.4 Å². The van der Waals surface area contributed by atoms with Gasteiger partial charge < -0.3 is 15.9 Å². The molecule has 242 valence electrons. The van der Waals surface area contributed by atoms with Crippen molar-refractivity contribution in [3.63, 3.8) is 0 Å². The third-order valence-electron chi connectivity index (χ3n) is 11.6. The summed E-state index contributed by atoms with van der Waals surface area (Å²) in [6, 6.07) is 11.9. The molecule has 3 fully saturated rings. The number of benzene rings is 2. The average Bonchev–Trinajstić information content (AvgIpc) is 3.69. The van der Waals surface area contributed by atoms with E-state index in [4.69, 9.17) is 5.73 Å². The van der Waals surface area contributed by atoms with Gasteiger partial charge in [-0.15, -0.1) is 11.3 Å². The number of nitrogen functional groups attached to an aromatic ring is 1. The summed E-state index contributed by atoms with van der Waals surface area (Å²) in [5.74, 6) is 0.0521. The number of ketones is 1. The van der Waals surface area contributed by atoms with Gasteiger partial charge in [-0.25, -0.2) is 14.1 Å². The highest BCUT2D eigenvalue weighted by Gasteiger charge is 2.67. The van der Waals surface area contributed by atoms with Crippen molar-refractivity contribution in [2.24, 2.45) is 28.6 Å². The number of rotatable bonds is 8. The molecule has 7 atom stereocenters. The second-order valence-corrected chi connectivity index (χ2v) is 16.4. The summed E-state index contributed by atoms with van der Waals surface area (Å²) in [4.78, 5) is 18.5. The van der Waals surface area contributed by atoms with Crippen molar-refractivity contribution in [1.29, 1.82) is 0 Å². The molecule has 0 bridgehead atoms. The van der Waals surface area contributed by atoms with Crippen molar-refractivity contribution in [2.45, 2.75) is 74.8 Å². The van der Waals surface area contributed by atoms with E-state index >= 15 is 0 Å². The minimum Gasteiger partial charge on any atom is -0.399 e. The molecule has 0 amide bonds. The highest BCUT2D eigenvalue weighted by atomic mass is 32.2. The fourth-order valence-corrected chi connectivity index (χ4v) is 11.6. The molecule has 0 radical (unpaired) electrons. The van der Waals surface area contributed by atoms with Gasteiger partial charge in [0, 0.05) is 11.1 Å². The lowest BCUT2D eigenvalue weighted by molar-refractivity contribution is -0.183. The van der Waals surface area contributed by atoms with Crippen LogP contribution in [0.5, 0.6) is 0 Å². The van der Waals surface area contributed by atoms with Gasteiger partial charge in [0.25, 0.3) is 0 Å². The van der Waals surface area contributed by atoms with Gasteiger partial charge in [0.1, 0.15) is 11.4 Å². The Balaban J connectivity index is 1.11. The molecule has 3 saturated carbocycles. The van der Waals surface area contributed by atoms with E-state index < -0.39 is 17.1 Å². The number of aromatic nitrogens is 3. The van der Waals surface area contributed by atoms with Crippen LogP contribution in [0.25, 0.3) is 22.0 Å². The molecule has 3 aliphatic carbocycles. The van der Waals surface area contributed by atoms with E-state index in [9.17, 15) is 19.4 Å². The van der Waals surface area contributed by atoms with Crippen LogP contribution >= 0.6 is 23.1 Å². The van der Waals surface area contributed by atoms with Gasteiger partial charge in [-0.05, 0) is 116 Å². The Morgan fingerprint density at radius 3 is 2.76 bits per heavy atom. The molecular weight excluding hydrogens is 620 g/mol. The van der Waals surface area contributed by atoms with Gasteiger partial charge in [0.05, 0.1) is 39.7 Å². The lowest BCUT2D eigenvalue weighted by Crippen LogP contribution is -2.61. The van der Waals surface area contributed by atoms with Crippen molar-refractivity contribution < 1.29 is 19.4 Å². The number of hydrogen-bond acceptors (Lipinski definition) is 8. The van der Waals surface area contributed by atoms with Crippen LogP contribution in [0.1, 0.15) is 63.6 Å². The van der Waals surface area contributed by atoms with Crippen molar-refractivity contribution in [1.82, 2.24) is 14.8 Å². The average molecular weight is 661 g/mol. The Morgan fingerprint density at radius 2 is 2.00 bits per heavy atom. The molecule has 10 heteroatoms. The number of hydrogen-bond donors (Lipinski definition) is 3. The van der Waals surface area contributed by atoms with Gasteiger partial charge in [-0.1, -0.05) is 38.6 Å². The molecule has 2 aromatic heterocycles. The smallest absolute Gasteiger partial charge is 0.175 e. The van der Waals surface area contributed by atoms with Crippen LogP contribution < -0.4 is 5.73 Å². The largest absolute Gasteiger partial charge is 0.399 e. The number of halogens is 1. The van der Waals surface area contributed by atoms with Crippen LogP contribution in [-0.2, 0) is 11.2 Å². The Morgan fingerprint density at radius 1 is 1.22 bits per heavy atom. The third kappa shape index (κ3) is 5.03. The molecule has 3 aliphatic rings. The number of thioether (sulfide) groups is 1. The first-order chi connectivity index (χ1) is 22.0. The zero-order valence-corrected chi connectivity index (χ0v) is 27.9. The van der Waals surface area contributed by atoms with E-state index in [2.05, 4.69) is 23.6 Å². The number of aliphatic hydroxyl groups excluding tert-OH is 1. The Bertz CT molecular complexity index is 1810. The van der Waals surface area contributed by atoms with E-state index in [-0.39, 0.29) is 40.5 Å². The summed E-state index contributed by atoms with van der Waals surface area (Å²) in [5.41, 5.74) is 7.76. The number of anilines is 1. The van der Waals surface area contributed by atoms with Gasteiger partial charge in [0.2, 0.25) is 0 Å². The Kier molecular flexibility index (Phi) is 7.94. The summed E-state index contributed by atoms with van der Waals surface area (Å²) in [6.07, 6.45) is 8.32. The summed E-state index contributed by atoms with van der Waals surface area (Å²) in [5, 5.41) is 28.8. The molecule has 2 heterocycles. The number of nitrogens with zero attached hydrogens (tertiary/aromatic N) is 3. The van der Waals surface area contributed by atoms with E-state index in [1.807, 2.05) is 31.3 Å². The van der Waals surface area contributed by atoms with E-state index in [1.165, 1.54) is 35.2 Å². The lowest BCUT2D eigenvalue weighted by Gasteiger charge is -2.59. The van der Waals surface area contributed by atoms with Gasteiger partial charge in [-0.3, -0.25) is 4.79 Å². The number of aliphatic hydroxyl groups is 2. The second kappa shape index (κ2) is 11.6. The summed E-state index contributed by atoms with van der Waals surface area (Å²) < 4.78 is 17.2. The zero-order chi connectivity index (χ0) is 32.4. The molecule has 4 N–H and O–H groups in total. The summed E-state index contributed by atoms with van der Waals surface area (Å²) in [7, 11) is 0. The molecule has 7 unspecified atom stereocenters. The first-order valence-corrected chi connectivity index (χ1v) is 17.9. The van der Waals surface area contributed by atoms with E-state index in [0.717, 1.165) is 63.6 Å². The minimum absolute atomic E-state index is 0.0353. The van der Waals surface area contributed by atoms with Gasteiger partial charge >= 0.3 is 0 Å². The van der Waals surface area contributed by atoms with Crippen LogP contribution in [-0.4, -0.2) is 48.2 Å². The number of thiazole rings is 1. The predicted molar refractivity (Wildman–Crippen MR) is 182 cm³/mol. The van der Waals surface area contributed by atoms with Crippen molar-refractivity contribution in [3.05, 3.63) is 72.3 Å². The molecule has 0 spiro atoms. The standard InChI is InChI=1S/C36H41FN4O3S2/c1-4-28-21(19-39-41(28)24-10-7-22(37)8-11-24)17-34(2)14-5-6-25-26-13-15-36(44,35(26,3)18-29(42)32(25)34)31(43)20-45-33-40-27-12-9-23(38)16-30(27)46-33/h4,7-12,16,19,25-26,29,32,42,44H,1,5-6,13-15,17-18,20,38H2,2-3H3. The molecule has 0 aliphatic heterocycles. The fourth-order valence-electron chi connectivity index (χ4n) is 9.51. The number of carbonyl (C=O) groups excluding carboxylic acids is 1. The lowest BCUT2D eigenvalue weighted by atomic mass is 9.47. The van der Waals surface area contributed by atoms with Crippen LogP contribution in [0.2, 0.25) is 0 Å². The maximum absolute atomic E-state index is 13.9. The summed E-state index contributed by atoms with van der Waals surface area (Å²) in [6.45, 7) is 8.39. The van der Waals surface area contributed by atoms with Gasteiger partial charge in [-0.2, -0.15) is 5.10 Å². The van der Waals surface area contributed by atoms with Crippen molar-refractivity contribution in [3.8, 4) is 5.69 Å². The maximum Gasteiger partial charge on any atom is 0.175 e.